The van der Waals surface area contributed by atoms with Gasteiger partial charge in [0.1, 0.15) is 0 Å². The van der Waals surface area contributed by atoms with Crippen molar-refractivity contribution in [1.29, 1.82) is 0 Å². The van der Waals surface area contributed by atoms with E-state index in [1.54, 1.807) is 35.7 Å². The number of nitro groups is 1. The molecule has 0 fully saturated rings. The molecular formula is C12H15NO2S2. The molecule has 0 aliphatic carbocycles. The summed E-state index contributed by atoms with van der Waals surface area (Å²) in [5, 5.41) is 10.5. The molecule has 5 heteroatoms. The third-order valence-corrected chi connectivity index (χ3v) is 4.05. The van der Waals surface area contributed by atoms with Crippen LogP contribution in [0.4, 0.5) is 5.69 Å². The molecule has 0 bridgehead atoms. The third kappa shape index (κ3) is 4.83. The first kappa shape index (κ1) is 14.1. The van der Waals surface area contributed by atoms with Crippen LogP contribution < -0.4 is 0 Å². The number of hydrogen-bond donors (Lipinski definition) is 0. The SMILES string of the molecule is CCSC(=Cc1ccc([N+](=O)[O-])cc1)SCC. The molecule has 3 nitrogen and oxygen atoms in total. The highest BCUT2D eigenvalue weighted by atomic mass is 32.2. The summed E-state index contributed by atoms with van der Waals surface area (Å²) < 4.78 is 1.25. The molecule has 0 spiro atoms. The number of nitrogens with zero attached hydrogens (tertiary/aromatic N) is 1. The number of thioether (sulfide) groups is 2. The largest absolute Gasteiger partial charge is 0.269 e. The summed E-state index contributed by atoms with van der Waals surface area (Å²) in [6.45, 7) is 4.23. The topological polar surface area (TPSA) is 43.1 Å². The molecule has 0 radical (unpaired) electrons. The van der Waals surface area contributed by atoms with Crippen molar-refractivity contribution in [2.75, 3.05) is 11.5 Å². The fraction of sp³-hybridized carbons (Fsp3) is 0.333. The molecule has 0 unspecified atom stereocenters. The Morgan fingerprint density at radius 3 is 2.18 bits per heavy atom. The van der Waals surface area contributed by atoms with E-state index in [9.17, 15) is 10.1 Å². The molecule has 1 aromatic carbocycles. The van der Waals surface area contributed by atoms with Gasteiger partial charge in [-0.3, -0.25) is 10.1 Å². The second-order valence-electron chi connectivity index (χ2n) is 3.18. The van der Waals surface area contributed by atoms with Crippen LogP contribution in [-0.4, -0.2) is 16.4 Å². The second kappa shape index (κ2) is 7.40. The van der Waals surface area contributed by atoms with Crippen molar-refractivity contribution in [2.45, 2.75) is 13.8 Å². The van der Waals surface area contributed by atoms with Gasteiger partial charge in [-0.1, -0.05) is 13.8 Å². The van der Waals surface area contributed by atoms with E-state index in [4.69, 9.17) is 0 Å². The third-order valence-electron chi connectivity index (χ3n) is 1.96. The Bertz CT molecular complexity index is 393. The van der Waals surface area contributed by atoms with Gasteiger partial charge in [0, 0.05) is 16.4 Å². The van der Waals surface area contributed by atoms with Crippen LogP contribution in [0.15, 0.2) is 28.5 Å². The van der Waals surface area contributed by atoms with Gasteiger partial charge in [0.15, 0.2) is 0 Å². The first-order chi connectivity index (χ1) is 8.17. The summed E-state index contributed by atoms with van der Waals surface area (Å²) in [6.07, 6.45) is 2.08. The van der Waals surface area contributed by atoms with E-state index in [1.165, 1.54) is 16.4 Å². The van der Waals surface area contributed by atoms with Crippen molar-refractivity contribution in [3.05, 3.63) is 44.2 Å². The fourth-order valence-corrected chi connectivity index (χ4v) is 3.29. The summed E-state index contributed by atoms with van der Waals surface area (Å²) in [7, 11) is 0. The minimum Gasteiger partial charge on any atom is -0.258 e. The molecule has 92 valence electrons. The highest BCUT2D eigenvalue weighted by Crippen LogP contribution is 2.30. The van der Waals surface area contributed by atoms with Crippen LogP contribution in [0.25, 0.3) is 6.08 Å². The van der Waals surface area contributed by atoms with E-state index >= 15 is 0 Å². The smallest absolute Gasteiger partial charge is 0.258 e. The van der Waals surface area contributed by atoms with Crippen molar-refractivity contribution >= 4 is 35.3 Å². The number of hydrogen-bond acceptors (Lipinski definition) is 4. The highest BCUT2D eigenvalue weighted by molar-refractivity contribution is 8.22. The van der Waals surface area contributed by atoms with E-state index in [0.29, 0.717) is 0 Å². The number of non-ortho nitro benzene ring substituents is 1. The van der Waals surface area contributed by atoms with E-state index in [-0.39, 0.29) is 10.6 Å². The predicted molar refractivity (Wildman–Crippen MR) is 77.3 cm³/mol. The van der Waals surface area contributed by atoms with Gasteiger partial charge in [-0.05, 0) is 35.3 Å². The van der Waals surface area contributed by atoms with Gasteiger partial charge >= 0.3 is 0 Å². The molecule has 0 aromatic heterocycles. The quantitative estimate of drug-likeness (QED) is 0.567. The molecule has 0 N–H and O–H groups in total. The Labute approximate surface area is 110 Å². The maximum absolute atomic E-state index is 10.5. The van der Waals surface area contributed by atoms with E-state index < -0.39 is 0 Å². The van der Waals surface area contributed by atoms with Gasteiger partial charge in [-0.2, -0.15) is 0 Å². The molecule has 0 aliphatic heterocycles. The van der Waals surface area contributed by atoms with E-state index in [0.717, 1.165) is 17.1 Å². The van der Waals surface area contributed by atoms with Crippen molar-refractivity contribution in [1.82, 2.24) is 0 Å². The molecule has 0 saturated carbocycles. The Morgan fingerprint density at radius 2 is 1.76 bits per heavy atom. The summed E-state index contributed by atoms with van der Waals surface area (Å²) in [4.78, 5) is 10.1. The molecule has 1 aromatic rings. The summed E-state index contributed by atoms with van der Waals surface area (Å²) in [5.41, 5.74) is 1.14. The summed E-state index contributed by atoms with van der Waals surface area (Å²) >= 11 is 3.59. The lowest BCUT2D eigenvalue weighted by Gasteiger charge is -2.03. The lowest BCUT2D eigenvalue weighted by molar-refractivity contribution is -0.384. The van der Waals surface area contributed by atoms with Gasteiger partial charge in [-0.15, -0.1) is 23.5 Å². The van der Waals surface area contributed by atoms with Gasteiger partial charge in [0.25, 0.3) is 5.69 Å². The average Bonchev–Trinajstić information content (AvgIpc) is 2.30. The lowest BCUT2D eigenvalue weighted by atomic mass is 10.2. The minimum atomic E-state index is -0.379. The summed E-state index contributed by atoms with van der Waals surface area (Å²) in [6, 6.07) is 6.64. The molecule has 17 heavy (non-hydrogen) atoms. The number of benzene rings is 1. The van der Waals surface area contributed by atoms with Gasteiger partial charge in [0.2, 0.25) is 0 Å². The Hall–Kier alpha value is -0.940. The molecule has 0 aliphatic rings. The second-order valence-corrected chi connectivity index (χ2v) is 6.05. The van der Waals surface area contributed by atoms with Crippen LogP contribution >= 0.6 is 23.5 Å². The first-order valence-corrected chi connectivity index (χ1v) is 7.36. The van der Waals surface area contributed by atoms with Gasteiger partial charge < -0.3 is 0 Å². The summed E-state index contributed by atoms with van der Waals surface area (Å²) in [5.74, 6) is 2.07. The number of rotatable bonds is 6. The Kier molecular flexibility index (Phi) is 6.15. The lowest BCUT2D eigenvalue weighted by Crippen LogP contribution is -1.86. The van der Waals surface area contributed by atoms with Crippen LogP contribution in [0.2, 0.25) is 0 Å². The number of nitro benzene ring substituents is 1. The molecule has 1 rings (SSSR count). The Morgan fingerprint density at radius 1 is 1.24 bits per heavy atom. The van der Waals surface area contributed by atoms with Gasteiger partial charge in [0.05, 0.1) is 4.92 Å². The zero-order chi connectivity index (χ0) is 12.7. The molecule has 0 atom stereocenters. The standard InChI is InChI=1S/C12H15NO2S2/c1-3-16-12(17-4-2)9-10-5-7-11(8-6-10)13(14)15/h5-9H,3-4H2,1-2H3. The molecular weight excluding hydrogens is 254 g/mol. The molecule has 0 saturated heterocycles. The van der Waals surface area contributed by atoms with Crippen LogP contribution in [0.5, 0.6) is 0 Å². The fourth-order valence-electron chi connectivity index (χ4n) is 1.24. The van der Waals surface area contributed by atoms with Crippen molar-refractivity contribution < 1.29 is 4.92 Å². The predicted octanol–water partition coefficient (Wildman–Crippen LogP) is 4.40. The van der Waals surface area contributed by atoms with Crippen LogP contribution in [0.1, 0.15) is 19.4 Å². The van der Waals surface area contributed by atoms with E-state index in [1.807, 2.05) is 0 Å². The average molecular weight is 269 g/mol. The van der Waals surface area contributed by atoms with Crippen LogP contribution in [0, 0.1) is 10.1 Å². The van der Waals surface area contributed by atoms with Crippen molar-refractivity contribution in [3.63, 3.8) is 0 Å². The van der Waals surface area contributed by atoms with Crippen molar-refractivity contribution in [2.24, 2.45) is 0 Å². The van der Waals surface area contributed by atoms with Crippen LogP contribution in [-0.2, 0) is 0 Å². The van der Waals surface area contributed by atoms with E-state index in [2.05, 4.69) is 19.9 Å². The monoisotopic (exact) mass is 269 g/mol. The zero-order valence-corrected chi connectivity index (χ0v) is 11.5. The normalized spacial score (nSPS) is 10.0. The molecule has 0 heterocycles. The van der Waals surface area contributed by atoms with Crippen molar-refractivity contribution in [3.8, 4) is 0 Å². The Balaban J connectivity index is 2.83. The van der Waals surface area contributed by atoms with Gasteiger partial charge in [-0.25, -0.2) is 0 Å². The zero-order valence-electron chi connectivity index (χ0n) is 9.88. The molecule has 0 amide bonds. The highest BCUT2D eigenvalue weighted by Gasteiger charge is 2.03. The van der Waals surface area contributed by atoms with Crippen LogP contribution in [0.3, 0.4) is 0 Å². The minimum absolute atomic E-state index is 0.134. The maximum atomic E-state index is 10.5. The first-order valence-electron chi connectivity index (χ1n) is 5.39. The maximum Gasteiger partial charge on any atom is 0.269 e.